The zero-order valence-corrected chi connectivity index (χ0v) is 14.1. The molecule has 0 aromatic rings. The Kier molecular flexibility index (Phi) is 4.69. The maximum absolute atomic E-state index is 12.3. The van der Waals surface area contributed by atoms with Gasteiger partial charge in [-0.25, -0.2) is 0 Å². The summed E-state index contributed by atoms with van der Waals surface area (Å²) in [7, 11) is -4.18. The summed E-state index contributed by atoms with van der Waals surface area (Å²) in [4.78, 5) is 34.2. The van der Waals surface area contributed by atoms with Crippen LogP contribution in [0.5, 0.6) is 0 Å². The normalized spacial score (nSPS) is 30.2. The second-order valence-electron chi connectivity index (χ2n) is 7.09. The van der Waals surface area contributed by atoms with Crippen molar-refractivity contribution in [1.82, 2.24) is 0 Å². The van der Waals surface area contributed by atoms with Gasteiger partial charge in [0.15, 0.2) is 0 Å². The zero-order chi connectivity index (χ0) is 17.5. The fraction of sp³-hybridized carbons (Fsp3) is 0.800. The highest BCUT2D eigenvalue weighted by atomic mass is 32.2. The molecule has 129 valence electrons. The summed E-state index contributed by atoms with van der Waals surface area (Å²) < 4.78 is 29.0. The Hall–Kier alpha value is -1.28. The van der Waals surface area contributed by atoms with E-state index >= 15 is 0 Å². The summed E-state index contributed by atoms with van der Waals surface area (Å²) in [6.07, 6.45) is 2.89. The standard InChI is InChI=1S/C15H22NO6S/c1-14(2)10-5-6-15(14,12(18)7-10)9-23(20,21)22-13(19)4-3-11(16)8-17/h10-11H,3-7,9,16H2,1-2H3/t10?,11-,15?/m0/s1. The number of hydrogen-bond acceptors (Lipinski definition) is 7. The van der Waals surface area contributed by atoms with E-state index in [2.05, 4.69) is 4.18 Å². The first-order valence-corrected chi connectivity index (χ1v) is 9.23. The third-order valence-corrected chi connectivity index (χ3v) is 6.88. The van der Waals surface area contributed by atoms with Gasteiger partial charge in [-0.05, 0) is 30.6 Å². The average molecular weight is 344 g/mol. The lowest BCUT2D eigenvalue weighted by molar-refractivity contribution is -0.134. The van der Waals surface area contributed by atoms with Crippen molar-refractivity contribution in [3.8, 4) is 0 Å². The lowest BCUT2D eigenvalue weighted by Gasteiger charge is -2.35. The second-order valence-corrected chi connectivity index (χ2v) is 8.66. The van der Waals surface area contributed by atoms with Gasteiger partial charge in [-0.3, -0.25) is 14.4 Å². The molecule has 0 aromatic carbocycles. The molecule has 0 saturated heterocycles. The monoisotopic (exact) mass is 344 g/mol. The van der Waals surface area contributed by atoms with Gasteiger partial charge < -0.3 is 9.92 Å². The predicted molar refractivity (Wildman–Crippen MR) is 81.3 cm³/mol. The summed E-state index contributed by atoms with van der Waals surface area (Å²) >= 11 is 0. The van der Waals surface area contributed by atoms with Crippen LogP contribution in [0.4, 0.5) is 0 Å². The van der Waals surface area contributed by atoms with Crippen molar-refractivity contribution in [1.29, 1.82) is 0 Å². The Balaban J connectivity index is 2.05. The van der Waals surface area contributed by atoms with Crippen LogP contribution in [-0.2, 0) is 28.7 Å². The molecule has 2 rings (SSSR count). The molecule has 3 atom stereocenters. The van der Waals surface area contributed by atoms with Gasteiger partial charge in [0.2, 0.25) is 6.29 Å². The van der Waals surface area contributed by atoms with E-state index in [0.717, 1.165) is 6.42 Å². The third kappa shape index (κ3) is 3.19. The number of carbonyl (C=O) groups excluding carboxylic acids is 3. The summed E-state index contributed by atoms with van der Waals surface area (Å²) in [5.74, 6) is -1.32. The van der Waals surface area contributed by atoms with Crippen molar-refractivity contribution in [2.45, 2.75) is 52.0 Å². The van der Waals surface area contributed by atoms with E-state index in [9.17, 15) is 22.8 Å². The summed E-state index contributed by atoms with van der Waals surface area (Å²) in [6.45, 7) is 3.82. The number of rotatable bonds is 7. The van der Waals surface area contributed by atoms with Gasteiger partial charge >= 0.3 is 16.1 Å². The molecular weight excluding hydrogens is 322 g/mol. The minimum Gasteiger partial charge on any atom is -0.346 e. The summed E-state index contributed by atoms with van der Waals surface area (Å²) in [6, 6.07) is -0.949. The van der Waals surface area contributed by atoms with Crippen molar-refractivity contribution in [2.75, 3.05) is 5.75 Å². The van der Waals surface area contributed by atoms with Crippen molar-refractivity contribution < 1.29 is 27.0 Å². The fourth-order valence-corrected chi connectivity index (χ4v) is 5.66. The van der Waals surface area contributed by atoms with Gasteiger partial charge in [0.25, 0.3) is 0 Å². The largest absolute Gasteiger partial charge is 0.346 e. The predicted octanol–water partition coefficient (Wildman–Crippen LogP) is 0.472. The molecule has 2 unspecified atom stereocenters. The molecule has 2 bridgehead atoms. The minimum atomic E-state index is -4.18. The summed E-state index contributed by atoms with van der Waals surface area (Å²) in [5, 5.41) is 0. The molecule has 0 amide bonds. The molecule has 2 fully saturated rings. The Bertz CT molecular complexity index is 626. The Morgan fingerprint density at radius 3 is 2.61 bits per heavy atom. The van der Waals surface area contributed by atoms with Crippen LogP contribution in [0, 0.1) is 16.7 Å². The van der Waals surface area contributed by atoms with E-state index in [0.29, 0.717) is 12.8 Å². The summed E-state index contributed by atoms with van der Waals surface area (Å²) in [5.41, 5.74) is 3.91. The molecular formula is C15H22NO6S. The smallest absolute Gasteiger partial charge is 0.322 e. The highest BCUT2D eigenvalue weighted by Gasteiger charge is 2.65. The van der Waals surface area contributed by atoms with E-state index in [1.54, 1.807) is 0 Å². The van der Waals surface area contributed by atoms with Gasteiger partial charge in [-0.15, -0.1) is 0 Å². The van der Waals surface area contributed by atoms with E-state index in [-0.39, 0.29) is 24.5 Å². The van der Waals surface area contributed by atoms with Crippen LogP contribution in [-0.4, -0.2) is 38.3 Å². The molecule has 0 aliphatic heterocycles. The molecule has 7 nitrogen and oxygen atoms in total. The Morgan fingerprint density at radius 2 is 2.13 bits per heavy atom. The van der Waals surface area contributed by atoms with Crippen LogP contribution in [0.2, 0.25) is 0 Å². The van der Waals surface area contributed by atoms with Crippen LogP contribution in [0.1, 0.15) is 46.0 Å². The lowest BCUT2D eigenvalue weighted by Crippen LogP contribution is -2.43. The Labute approximate surface area is 136 Å². The highest BCUT2D eigenvalue weighted by Crippen LogP contribution is 2.64. The minimum absolute atomic E-state index is 0.0322. The molecule has 0 aromatic heterocycles. The van der Waals surface area contributed by atoms with Crippen molar-refractivity contribution in [3.63, 3.8) is 0 Å². The van der Waals surface area contributed by atoms with Crippen LogP contribution in [0.3, 0.4) is 0 Å². The topological polar surface area (TPSA) is 121 Å². The van der Waals surface area contributed by atoms with Gasteiger partial charge in [0.05, 0.1) is 17.2 Å². The van der Waals surface area contributed by atoms with Crippen LogP contribution in [0.15, 0.2) is 0 Å². The zero-order valence-electron chi connectivity index (χ0n) is 13.3. The van der Waals surface area contributed by atoms with E-state index < -0.39 is 38.7 Å². The average Bonchev–Trinajstić information content (AvgIpc) is 2.77. The molecule has 2 saturated carbocycles. The van der Waals surface area contributed by atoms with Gasteiger partial charge in [-0.2, -0.15) is 8.42 Å². The van der Waals surface area contributed by atoms with Crippen LogP contribution >= 0.6 is 0 Å². The maximum atomic E-state index is 12.3. The first kappa shape index (κ1) is 18.1. The fourth-order valence-electron chi connectivity index (χ4n) is 3.95. The van der Waals surface area contributed by atoms with Crippen molar-refractivity contribution in [3.05, 3.63) is 0 Å². The third-order valence-electron chi connectivity index (χ3n) is 5.59. The van der Waals surface area contributed by atoms with E-state index in [1.807, 2.05) is 13.8 Å². The highest BCUT2D eigenvalue weighted by molar-refractivity contribution is 7.87. The molecule has 23 heavy (non-hydrogen) atoms. The molecule has 2 aliphatic carbocycles. The van der Waals surface area contributed by atoms with E-state index in [4.69, 9.17) is 5.73 Å². The van der Waals surface area contributed by atoms with Gasteiger partial charge in [-0.1, -0.05) is 13.8 Å². The molecule has 2 aliphatic rings. The second kappa shape index (κ2) is 5.98. The van der Waals surface area contributed by atoms with Crippen LogP contribution in [0.25, 0.3) is 0 Å². The molecule has 8 heteroatoms. The first-order chi connectivity index (χ1) is 10.5. The first-order valence-electron chi connectivity index (χ1n) is 7.65. The van der Waals surface area contributed by atoms with Crippen LogP contribution < -0.4 is 5.73 Å². The van der Waals surface area contributed by atoms with Gasteiger partial charge in [0.1, 0.15) is 5.78 Å². The molecule has 1 radical (unpaired) electrons. The van der Waals surface area contributed by atoms with Gasteiger partial charge in [0, 0.05) is 12.8 Å². The van der Waals surface area contributed by atoms with Crippen molar-refractivity contribution >= 4 is 28.2 Å². The number of Topliss-reactive ketones (excluding diaryl/α,β-unsaturated/α-hetero) is 1. The number of hydrogen-bond donors (Lipinski definition) is 1. The lowest BCUT2D eigenvalue weighted by atomic mass is 9.70. The number of carbonyl (C=O) groups is 2. The molecule has 2 N–H and O–H groups in total. The number of ketones is 1. The maximum Gasteiger partial charge on any atom is 0.322 e. The number of fused-ring (bicyclic) bond motifs is 2. The molecule has 0 heterocycles. The molecule has 0 spiro atoms. The quantitative estimate of drug-likeness (QED) is 0.666. The SMILES string of the molecule is CC1(C)C2CCC1(CS(=O)(=O)OC(=O)CC[C@H](N)[C]=O)C(=O)C2. The van der Waals surface area contributed by atoms with E-state index in [1.165, 1.54) is 6.29 Å². The van der Waals surface area contributed by atoms with Crippen molar-refractivity contribution in [2.24, 2.45) is 22.5 Å². The number of nitrogens with two attached hydrogens (primary N) is 1. The Morgan fingerprint density at radius 1 is 1.48 bits per heavy atom.